The van der Waals surface area contributed by atoms with Gasteiger partial charge in [-0.3, -0.25) is 0 Å². The second-order valence-electron chi connectivity index (χ2n) is 2.87. The van der Waals surface area contributed by atoms with Gasteiger partial charge in [0.2, 0.25) is 0 Å². The summed E-state index contributed by atoms with van der Waals surface area (Å²) < 4.78 is 0. The molecule has 0 aliphatic rings. The highest BCUT2D eigenvalue weighted by Gasteiger charge is 2.01. The lowest BCUT2D eigenvalue weighted by Crippen LogP contribution is -2.10. The molecule has 0 saturated heterocycles. The van der Waals surface area contributed by atoms with E-state index < -0.39 is 0 Å². The molecule has 1 unspecified atom stereocenters. The van der Waals surface area contributed by atoms with Crippen molar-refractivity contribution in [3.63, 3.8) is 0 Å². The van der Waals surface area contributed by atoms with Crippen molar-refractivity contribution in [1.82, 2.24) is 0 Å². The first-order chi connectivity index (χ1) is 5.31. The Kier molecular flexibility index (Phi) is 7.89. The van der Waals surface area contributed by atoms with Gasteiger partial charge in [0.25, 0.3) is 0 Å². The smallest absolute Gasteiger partial charge is 0.0540 e. The molecule has 0 saturated carbocycles. The first-order valence-corrected chi connectivity index (χ1v) is 4.39. The summed E-state index contributed by atoms with van der Waals surface area (Å²) in [5.74, 6) is 0. The first kappa shape index (κ1) is 10.9. The van der Waals surface area contributed by atoms with Crippen molar-refractivity contribution in [2.75, 3.05) is 13.1 Å². The van der Waals surface area contributed by atoms with Crippen LogP contribution < -0.4 is 11.5 Å². The third-order valence-electron chi connectivity index (χ3n) is 1.73. The molecule has 11 heavy (non-hydrogen) atoms. The average Bonchev–Trinajstić information content (AvgIpc) is 2.01. The molecule has 0 aliphatic carbocycles. The van der Waals surface area contributed by atoms with Crippen LogP contribution in [0.25, 0.3) is 0 Å². The summed E-state index contributed by atoms with van der Waals surface area (Å²) in [6, 6.07) is 0. The first-order valence-electron chi connectivity index (χ1n) is 4.39. The Bertz CT molecular complexity index is 78.5. The van der Waals surface area contributed by atoms with Crippen molar-refractivity contribution in [3.8, 4) is 0 Å². The van der Waals surface area contributed by atoms with E-state index in [-0.39, 0.29) is 6.10 Å². The van der Waals surface area contributed by atoms with E-state index in [0.29, 0.717) is 6.54 Å². The molecule has 0 fully saturated rings. The van der Waals surface area contributed by atoms with Crippen molar-refractivity contribution < 1.29 is 5.11 Å². The van der Waals surface area contributed by atoms with Crippen molar-refractivity contribution in [2.24, 2.45) is 11.5 Å². The Morgan fingerprint density at radius 3 is 2.00 bits per heavy atom. The number of nitrogens with two attached hydrogens (primary N) is 2. The van der Waals surface area contributed by atoms with Crippen LogP contribution in [0.5, 0.6) is 0 Å². The van der Waals surface area contributed by atoms with Gasteiger partial charge in [0.1, 0.15) is 0 Å². The van der Waals surface area contributed by atoms with Crippen LogP contribution >= 0.6 is 0 Å². The van der Waals surface area contributed by atoms with Gasteiger partial charge in [-0.1, -0.05) is 0 Å². The predicted octanol–water partition coefficient (Wildman–Crippen LogP) is 0.215. The number of aliphatic hydroxyl groups is 1. The number of rotatable bonds is 7. The zero-order valence-electron chi connectivity index (χ0n) is 7.13. The monoisotopic (exact) mass is 160 g/mol. The Labute approximate surface area is 68.8 Å². The van der Waals surface area contributed by atoms with E-state index in [1.54, 1.807) is 0 Å². The topological polar surface area (TPSA) is 72.3 Å². The molecule has 5 N–H and O–H groups in total. The van der Waals surface area contributed by atoms with Crippen LogP contribution in [-0.2, 0) is 0 Å². The van der Waals surface area contributed by atoms with Crippen molar-refractivity contribution in [1.29, 1.82) is 0 Å². The average molecular weight is 160 g/mol. The summed E-state index contributed by atoms with van der Waals surface area (Å²) in [5.41, 5.74) is 10.6. The molecule has 0 bridgehead atoms. The van der Waals surface area contributed by atoms with Gasteiger partial charge in [-0.05, 0) is 45.2 Å². The SMILES string of the molecule is NCCCCC(O)CCCN. The summed E-state index contributed by atoms with van der Waals surface area (Å²) in [6.45, 7) is 1.40. The second-order valence-corrected chi connectivity index (χ2v) is 2.87. The van der Waals surface area contributed by atoms with E-state index in [2.05, 4.69) is 0 Å². The third kappa shape index (κ3) is 7.78. The molecular formula is C8H20N2O. The maximum atomic E-state index is 9.31. The fourth-order valence-corrected chi connectivity index (χ4v) is 1.02. The van der Waals surface area contributed by atoms with Gasteiger partial charge in [0, 0.05) is 0 Å². The van der Waals surface area contributed by atoms with Crippen LogP contribution in [-0.4, -0.2) is 24.3 Å². The third-order valence-corrected chi connectivity index (χ3v) is 1.73. The minimum atomic E-state index is -0.162. The molecule has 0 rings (SSSR count). The highest BCUT2D eigenvalue weighted by Crippen LogP contribution is 2.05. The van der Waals surface area contributed by atoms with Crippen LogP contribution in [0.3, 0.4) is 0 Å². The largest absolute Gasteiger partial charge is 0.393 e. The van der Waals surface area contributed by atoms with Crippen molar-refractivity contribution in [3.05, 3.63) is 0 Å². The fraction of sp³-hybridized carbons (Fsp3) is 1.00. The molecule has 3 nitrogen and oxygen atoms in total. The summed E-state index contributed by atoms with van der Waals surface area (Å²) in [7, 11) is 0. The molecule has 1 atom stereocenters. The maximum absolute atomic E-state index is 9.31. The van der Waals surface area contributed by atoms with Gasteiger partial charge >= 0.3 is 0 Å². The van der Waals surface area contributed by atoms with E-state index in [9.17, 15) is 5.11 Å². The quantitative estimate of drug-likeness (QED) is 0.466. The van der Waals surface area contributed by atoms with Gasteiger partial charge in [0.15, 0.2) is 0 Å². The lowest BCUT2D eigenvalue weighted by atomic mass is 10.1. The molecular weight excluding hydrogens is 140 g/mol. The molecule has 0 amide bonds. The van der Waals surface area contributed by atoms with Crippen molar-refractivity contribution in [2.45, 2.75) is 38.2 Å². The van der Waals surface area contributed by atoms with Crippen molar-refractivity contribution >= 4 is 0 Å². The van der Waals surface area contributed by atoms with Gasteiger partial charge < -0.3 is 16.6 Å². The summed E-state index contributed by atoms with van der Waals surface area (Å²) in [4.78, 5) is 0. The Hall–Kier alpha value is -0.120. The minimum absolute atomic E-state index is 0.162. The number of hydrogen-bond donors (Lipinski definition) is 3. The molecule has 68 valence electrons. The molecule has 0 radical (unpaired) electrons. The molecule has 0 spiro atoms. The summed E-state index contributed by atoms with van der Waals surface area (Å²) >= 11 is 0. The Morgan fingerprint density at radius 1 is 0.909 bits per heavy atom. The maximum Gasteiger partial charge on any atom is 0.0540 e. The molecule has 0 aromatic heterocycles. The van der Waals surface area contributed by atoms with E-state index in [0.717, 1.165) is 38.6 Å². The van der Waals surface area contributed by atoms with E-state index in [4.69, 9.17) is 11.5 Å². The van der Waals surface area contributed by atoms with Crippen LogP contribution in [0.4, 0.5) is 0 Å². The van der Waals surface area contributed by atoms with Crippen LogP contribution in [0.1, 0.15) is 32.1 Å². The Morgan fingerprint density at radius 2 is 1.45 bits per heavy atom. The highest BCUT2D eigenvalue weighted by molar-refractivity contribution is 4.56. The van der Waals surface area contributed by atoms with Gasteiger partial charge in [-0.25, -0.2) is 0 Å². The molecule has 0 heterocycles. The van der Waals surface area contributed by atoms with Crippen LogP contribution in [0, 0.1) is 0 Å². The van der Waals surface area contributed by atoms with E-state index in [1.165, 1.54) is 0 Å². The fourth-order valence-electron chi connectivity index (χ4n) is 1.02. The van der Waals surface area contributed by atoms with Crippen LogP contribution in [0.2, 0.25) is 0 Å². The van der Waals surface area contributed by atoms with Crippen LogP contribution in [0.15, 0.2) is 0 Å². The second kappa shape index (κ2) is 7.98. The molecule has 3 heteroatoms. The van der Waals surface area contributed by atoms with E-state index in [1.807, 2.05) is 0 Å². The number of hydrogen-bond acceptors (Lipinski definition) is 3. The normalized spacial score (nSPS) is 13.4. The lowest BCUT2D eigenvalue weighted by molar-refractivity contribution is 0.149. The number of unbranched alkanes of at least 4 members (excludes halogenated alkanes) is 1. The molecule has 0 aromatic rings. The predicted molar refractivity (Wildman–Crippen MR) is 47.2 cm³/mol. The molecule has 0 aromatic carbocycles. The van der Waals surface area contributed by atoms with Gasteiger partial charge in [0.05, 0.1) is 6.10 Å². The standard InChI is InChI=1S/C8H20N2O/c9-6-2-1-4-8(11)5-3-7-10/h8,11H,1-7,9-10H2. The lowest BCUT2D eigenvalue weighted by Gasteiger charge is -2.08. The summed E-state index contributed by atoms with van der Waals surface area (Å²) in [6.07, 6.45) is 4.51. The zero-order valence-corrected chi connectivity index (χ0v) is 7.13. The molecule has 0 aliphatic heterocycles. The van der Waals surface area contributed by atoms with Gasteiger partial charge in [-0.15, -0.1) is 0 Å². The van der Waals surface area contributed by atoms with E-state index >= 15 is 0 Å². The minimum Gasteiger partial charge on any atom is -0.393 e. The Balaban J connectivity index is 3.02. The summed E-state index contributed by atoms with van der Waals surface area (Å²) in [5, 5.41) is 9.31. The zero-order chi connectivity index (χ0) is 8.53. The van der Waals surface area contributed by atoms with Gasteiger partial charge in [-0.2, -0.15) is 0 Å². The number of aliphatic hydroxyl groups excluding tert-OH is 1. The highest BCUT2D eigenvalue weighted by atomic mass is 16.3.